The SMILES string of the molecule is C#CC1(Oc2ccccc2[N+](=O)[O-])CCN(OC(=O)/C=C\C(=O)ON2CCC(C#C)(Oc3ccccc3[N+](=O)[O-])CC2)CC1. The normalized spacial score (nSPS) is 17.9. The van der Waals surface area contributed by atoms with Gasteiger partial charge in [0.15, 0.2) is 22.7 Å². The molecule has 14 heteroatoms. The second kappa shape index (κ2) is 13.7. The van der Waals surface area contributed by atoms with Crippen molar-refractivity contribution in [2.75, 3.05) is 26.2 Å². The van der Waals surface area contributed by atoms with Gasteiger partial charge in [0.1, 0.15) is 0 Å². The van der Waals surface area contributed by atoms with E-state index in [-0.39, 0.29) is 74.7 Å². The zero-order valence-corrected chi connectivity index (χ0v) is 23.5. The highest BCUT2D eigenvalue weighted by Gasteiger charge is 2.39. The van der Waals surface area contributed by atoms with Crippen LogP contribution in [0.15, 0.2) is 60.7 Å². The molecule has 0 aromatic heterocycles. The van der Waals surface area contributed by atoms with Crippen LogP contribution >= 0.6 is 0 Å². The van der Waals surface area contributed by atoms with Crippen molar-refractivity contribution in [2.24, 2.45) is 0 Å². The molecule has 44 heavy (non-hydrogen) atoms. The Balaban J connectivity index is 1.23. The first-order valence-corrected chi connectivity index (χ1v) is 13.5. The maximum atomic E-state index is 12.3. The van der Waals surface area contributed by atoms with E-state index in [2.05, 4.69) is 11.8 Å². The van der Waals surface area contributed by atoms with Crippen LogP contribution in [0.25, 0.3) is 0 Å². The topological polar surface area (TPSA) is 164 Å². The lowest BCUT2D eigenvalue weighted by Crippen LogP contribution is -2.47. The molecule has 0 spiro atoms. The van der Waals surface area contributed by atoms with Crippen LogP contribution in [0.4, 0.5) is 11.4 Å². The molecular formula is C30H28N4O10. The zero-order chi connectivity index (χ0) is 31.7. The molecule has 2 aliphatic heterocycles. The molecule has 0 atom stereocenters. The number of terminal acetylenes is 2. The second-order valence-corrected chi connectivity index (χ2v) is 9.94. The van der Waals surface area contributed by atoms with Crippen LogP contribution in [-0.2, 0) is 19.3 Å². The van der Waals surface area contributed by atoms with E-state index in [4.69, 9.17) is 32.0 Å². The molecule has 0 aliphatic carbocycles. The van der Waals surface area contributed by atoms with Gasteiger partial charge in [0, 0.05) is 76.1 Å². The maximum Gasteiger partial charge on any atom is 0.349 e. The molecule has 2 saturated heterocycles. The number of ether oxygens (including phenoxy) is 2. The van der Waals surface area contributed by atoms with Gasteiger partial charge in [-0.2, -0.15) is 0 Å². The van der Waals surface area contributed by atoms with Crippen molar-refractivity contribution in [1.82, 2.24) is 10.1 Å². The van der Waals surface area contributed by atoms with Crippen LogP contribution in [0.2, 0.25) is 0 Å². The summed E-state index contributed by atoms with van der Waals surface area (Å²) in [7, 11) is 0. The summed E-state index contributed by atoms with van der Waals surface area (Å²) in [6, 6.07) is 11.8. The van der Waals surface area contributed by atoms with Gasteiger partial charge in [-0.15, -0.1) is 23.0 Å². The molecule has 2 fully saturated rings. The van der Waals surface area contributed by atoms with Crippen molar-refractivity contribution >= 4 is 23.3 Å². The number of para-hydroxylation sites is 4. The lowest BCUT2D eigenvalue weighted by Gasteiger charge is -2.37. The number of carbonyl (C=O) groups excluding carboxylic acids is 2. The highest BCUT2D eigenvalue weighted by atomic mass is 16.7. The number of piperidine rings is 2. The summed E-state index contributed by atoms with van der Waals surface area (Å²) in [4.78, 5) is 56.7. The van der Waals surface area contributed by atoms with E-state index in [0.717, 1.165) is 12.2 Å². The molecule has 2 aliphatic rings. The van der Waals surface area contributed by atoms with Crippen LogP contribution in [0, 0.1) is 44.9 Å². The predicted molar refractivity (Wildman–Crippen MR) is 154 cm³/mol. The van der Waals surface area contributed by atoms with Crippen molar-refractivity contribution in [3.63, 3.8) is 0 Å². The molecule has 14 nitrogen and oxygen atoms in total. The molecule has 0 saturated carbocycles. The maximum absolute atomic E-state index is 12.3. The first kappa shape index (κ1) is 31.5. The Morgan fingerprint density at radius 1 is 0.705 bits per heavy atom. The molecule has 2 aromatic carbocycles. The lowest BCUT2D eigenvalue weighted by molar-refractivity contribution is -0.386. The summed E-state index contributed by atoms with van der Waals surface area (Å²) in [5.74, 6) is 3.61. The minimum atomic E-state index is -1.12. The number of nitrogens with zero attached hydrogens (tertiary/aromatic N) is 4. The third-order valence-corrected chi connectivity index (χ3v) is 7.11. The van der Waals surface area contributed by atoms with Gasteiger partial charge in [-0.05, 0) is 12.1 Å². The fourth-order valence-corrected chi connectivity index (χ4v) is 4.69. The van der Waals surface area contributed by atoms with Gasteiger partial charge >= 0.3 is 23.3 Å². The number of carbonyl (C=O) groups is 2. The lowest BCUT2D eigenvalue weighted by atomic mass is 9.92. The summed E-state index contributed by atoms with van der Waals surface area (Å²) >= 11 is 0. The van der Waals surface area contributed by atoms with Gasteiger partial charge < -0.3 is 19.1 Å². The van der Waals surface area contributed by atoms with Crippen molar-refractivity contribution in [3.05, 3.63) is 80.9 Å². The monoisotopic (exact) mass is 604 g/mol. The smallest absolute Gasteiger partial charge is 0.349 e. The minimum absolute atomic E-state index is 0.0497. The summed E-state index contributed by atoms with van der Waals surface area (Å²) in [5, 5.41) is 25.3. The van der Waals surface area contributed by atoms with Crippen LogP contribution in [-0.4, -0.2) is 69.3 Å². The van der Waals surface area contributed by atoms with Crippen LogP contribution < -0.4 is 9.47 Å². The molecule has 0 bridgehead atoms. The average molecular weight is 605 g/mol. The summed E-state index contributed by atoms with van der Waals surface area (Å²) < 4.78 is 11.8. The largest absolute Gasteiger partial charge is 0.467 e. The van der Waals surface area contributed by atoms with E-state index in [9.17, 15) is 29.8 Å². The summed E-state index contributed by atoms with van der Waals surface area (Å²) in [6.07, 6.45) is 14.2. The van der Waals surface area contributed by atoms with Gasteiger partial charge in [0.25, 0.3) is 0 Å². The van der Waals surface area contributed by atoms with Crippen molar-refractivity contribution in [2.45, 2.75) is 36.9 Å². The zero-order valence-electron chi connectivity index (χ0n) is 23.5. The number of nitro groups is 2. The molecule has 0 unspecified atom stereocenters. The van der Waals surface area contributed by atoms with Gasteiger partial charge in [0.2, 0.25) is 0 Å². The summed E-state index contributed by atoms with van der Waals surface area (Å²) in [5.41, 5.74) is -2.67. The minimum Gasteiger partial charge on any atom is -0.467 e. The molecule has 228 valence electrons. The third kappa shape index (κ3) is 7.69. The Kier molecular flexibility index (Phi) is 9.80. The van der Waals surface area contributed by atoms with E-state index in [1.165, 1.54) is 46.5 Å². The van der Waals surface area contributed by atoms with Gasteiger partial charge in [-0.1, -0.05) is 36.1 Å². The Labute approximate surface area is 252 Å². The van der Waals surface area contributed by atoms with Crippen LogP contribution in [0.5, 0.6) is 11.5 Å². The van der Waals surface area contributed by atoms with E-state index >= 15 is 0 Å². The van der Waals surface area contributed by atoms with Gasteiger partial charge in [-0.25, -0.2) is 9.59 Å². The fourth-order valence-electron chi connectivity index (χ4n) is 4.69. The number of hydroxylamine groups is 4. The Morgan fingerprint density at radius 3 is 1.36 bits per heavy atom. The first-order chi connectivity index (χ1) is 21.1. The first-order valence-electron chi connectivity index (χ1n) is 13.5. The quantitative estimate of drug-likeness (QED) is 0.168. The fraction of sp³-hybridized carbons (Fsp3) is 0.333. The standard InChI is InChI=1S/C30H28N4O10/c1-3-29(41-25-11-7-5-9-23(25)33(37)38)15-19-31(20-16-29)43-27(35)13-14-28(36)44-32-21-17-30(4-2,18-22-32)42-26-12-8-6-10-24(26)34(39)40/h1-2,5-14H,15-22H2/b14-13-. The number of hydrogen-bond acceptors (Lipinski definition) is 12. The van der Waals surface area contributed by atoms with Crippen molar-refractivity contribution < 1.29 is 38.6 Å². The molecule has 2 heterocycles. The molecule has 0 radical (unpaired) electrons. The average Bonchev–Trinajstić information content (AvgIpc) is 3.02. The van der Waals surface area contributed by atoms with Crippen LogP contribution in [0.1, 0.15) is 25.7 Å². The number of benzene rings is 2. The molecular weight excluding hydrogens is 576 g/mol. The molecule has 4 rings (SSSR count). The number of hydrogen-bond donors (Lipinski definition) is 0. The van der Waals surface area contributed by atoms with Crippen molar-refractivity contribution in [3.8, 4) is 36.2 Å². The van der Waals surface area contributed by atoms with Gasteiger partial charge in [0.05, 0.1) is 9.85 Å². The molecule has 0 amide bonds. The van der Waals surface area contributed by atoms with E-state index in [0.29, 0.717) is 0 Å². The molecule has 0 N–H and O–H groups in total. The second-order valence-electron chi connectivity index (χ2n) is 9.94. The van der Waals surface area contributed by atoms with Crippen LogP contribution in [0.3, 0.4) is 0 Å². The molecule has 2 aromatic rings. The Morgan fingerprint density at radius 2 is 1.05 bits per heavy atom. The van der Waals surface area contributed by atoms with Gasteiger partial charge in [-0.3, -0.25) is 20.2 Å². The van der Waals surface area contributed by atoms with E-state index in [1.54, 1.807) is 12.1 Å². The van der Waals surface area contributed by atoms with Crippen molar-refractivity contribution in [1.29, 1.82) is 0 Å². The highest BCUT2D eigenvalue weighted by Crippen LogP contribution is 2.35. The Bertz CT molecular complexity index is 1410. The summed E-state index contributed by atoms with van der Waals surface area (Å²) in [6.45, 7) is 0.753. The third-order valence-electron chi connectivity index (χ3n) is 7.11. The number of nitro benzene ring substituents is 2. The predicted octanol–water partition coefficient (Wildman–Crippen LogP) is 3.37. The van der Waals surface area contributed by atoms with E-state index < -0.39 is 33.0 Å². The van der Waals surface area contributed by atoms with E-state index in [1.807, 2.05) is 0 Å². The Hall–Kier alpha value is -5.44. The number of rotatable bonds is 10. The highest BCUT2D eigenvalue weighted by molar-refractivity contribution is 5.91.